The molecule has 0 radical (unpaired) electrons. The minimum atomic E-state index is -3.69. The third-order valence-corrected chi connectivity index (χ3v) is 3.15. The second-order valence-corrected chi connectivity index (χ2v) is 5.89. The molecule has 0 aliphatic carbocycles. The van der Waals surface area contributed by atoms with Gasteiger partial charge in [-0.25, -0.2) is 4.98 Å². The summed E-state index contributed by atoms with van der Waals surface area (Å²) in [5, 5.41) is -0.0441. The fourth-order valence-electron chi connectivity index (χ4n) is 1.06. The molecule has 0 aromatic carbocycles. The van der Waals surface area contributed by atoms with Gasteiger partial charge in [0.25, 0.3) is 0 Å². The lowest BCUT2D eigenvalue weighted by Gasteiger charge is -2.17. The van der Waals surface area contributed by atoms with E-state index in [1.807, 2.05) is 20.8 Å². The van der Waals surface area contributed by atoms with E-state index in [9.17, 15) is 8.42 Å². The maximum atomic E-state index is 11.4. The number of rotatable bonds is 2. The molecule has 0 aliphatic heterocycles. The van der Waals surface area contributed by atoms with Gasteiger partial charge in [0.1, 0.15) is 0 Å². The summed E-state index contributed by atoms with van der Waals surface area (Å²) < 4.78 is 27.2. The van der Waals surface area contributed by atoms with Crippen molar-refractivity contribution in [2.45, 2.75) is 31.2 Å². The topological polar surface area (TPSA) is 56.3 Å². The summed E-state index contributed by atoms with van der Waals surface area (Å²) in [5.74, 6) is 0. The van der Waals surface area contributed by atoms with Gasteiger partial charge < -0.3 is 0 Å². The van der Waals surface area contributed by atoms with Gasteiger partial charge in [-0.15, -0.1) is 0 Å². The summed E-state index contributed by atoms with van der Waals surface area (Å²) in [7, 11) is -2.57. The molecule has 0 unspecified atom stereocenters. The van der Waals surface area contributed by atoms with E-state index in [0.717, 1.165) is 12.8 Å². The van der Waals surface area contributed by atoms with Crippen LogP contribution in [0, 0.1) is 0 Å². The van der Waals surface area contributed by atoms with Crippen LogP contribution in [0.2, 0.25) is 0 Å². The monoisotopic (exact) mass is 229 g/mol. The number of nitrogens with zero attached hydrogens (tertiary/aromatic N) is 1. The second-order valence-electron chi connectivity index (χ2n) is 4.23. The van der Waals surface area contributed by atoms with E-state index < -0.39 is 10.1 Å². The Balaban J connectivity index is 3.27. The van der Waals surface area contributed by atoms with E-state index in [2.05, 4.69) is 9.17 Å². The molecule has 0 fully saturated rings. The van der Waals surface area contributed by atoms with Gasteiger partial charge in [0, 0.05) is 11.1 Å². The van der Waals surface area contributed by atoms with E-state index >= 15 is 0 Å². The van der Waals surface area contributed by atoms with Gasteiger partial charge in [0.15, 0.2) is 5.03 Å². The van der Waals surface area contributed by atoms with Crippen LogP contribution < -0.4 is 0 Å². The molecule has 0 spiro atoms. The van der Waals surface area contributed by atoms with Crippen LogP contribution in [-0.4, -0.2) is 20.5 Å². The normalized spacial score (nSPS) is 12.8. The minimum absolute atomic E-state index is 0.0441. The fourth-order valence-corrected chi connectivity index (χ4v) is 1.68. The Bertz CT molecular complexity index is 446. The summed E-state index contributed by atoms with van der Waals surface area (Å²) in [6.07, 6.45) is 0. The molecule has 5 heteroatoms. The maximum absolute atomic E-state index is 11.4. The highest BCUT2D eigenvalue weighted by atomic mass is 32.2. The van der Waals surface area contributed by atoms with Gasteiger partial charge in [-0.2, -0.15) is 8.42 Å². The Kier molecular flexibility index (Phi) is 3.16. The molecule has 84 valence electrons. The van der Waals surface area contributed by atoms with Crippen molar-refractivity contribution in [3.05, 3.63) is 23.9 Å². The zero-order chi connectivity index (χ0) is 11.7. The van der Waals surface area contributed by atoms with Crippen LogP contribution in [0.15, 0.2) is 23.2 Å². The van der Waals surface area contributed by atoms with Crippen LogP contribution >= 0.6 is 0 Å². The van der Waals surface area contributed by atoms with Gasteiger partial charge in [-0.3, -0.25) is 4.18 Å². The molecule has 1 heterocycles. The quantitative estimate of drug-likeness (QED) is 0.724. The third kappa shape index (κ3) is 2.76. The lowest BCUT2D eigenvalue weighted by atomic mass is 9.92. The smallest absolute Gasteiger partial charge is 0.269 e. The third-order valence-electron chi connectivity index (χ3n) is 1.97. The molecule has 0 N–H and O–H groups in total. The Morgan fingerprint density at radius 3 is 2.33 bits per heavy atom. The Hall–Kier alpha value is -0.940. The molecule has 0 saturated carbocycles. The van der Waals surface area contributed by atoms with Crippen LogP contribution in [0.1, 0.15) is 26.5 Å². The molecule has 0 aliphatic rings. The SMILES string of the molecule is COS(=O)(=O)c1cccc(C(C)(C)C)n1. The second kappa shape index (κ2) is 3.90. The van der Waals surface area contributed by atoms with Crippen LogP contribution in [0.25, 0.3) is 0 Å². The molecular weight excluding hydrogens is 214 g/mol. The first-order chi connectivity index (χ1) is 6.77. The van der Waals surface area contributed by atoms with Gasteiger partial charge in [0.05, 0.1) is 7.11 Å². The predicted octanol–water partition coefficient (Wildman–Crippen LogP) is 1.71. The van der Waals surface area contributed by atoms with Crippen LogP contribution in [-0.2, 0) is 19.7 Å². The van der Waals surface area contributed by atoms with Crippen molar-refractivity contribution in [3.8, 4) is 0 Å². The maximum Gasteiger partial charge on any atom is 0.314 e. The van der Waals surface area contributed by atoms with Crippen molar-refractivity contribution in [3.63, 3.8) is 0 Å². The van der Waals surface area contributed by atoms with Crippen molar-refractivity contribution < 1.29 is 12.6 Å². The first-order valence-electron chi connectivity index (χ1n) is 4.55. The molecule has 0 atom stereocenters. The summed E-state index contributed by atoms with van der Waals surface area (Å²) in [6.45, 7) is 5.91. The van der Waals surface area contributed by atoms with Crippen molar-refractivity contribution in [2.75, 3.05) is 7.11 Å². The molecular formula is C10H15NO3S. The lowest BCUT2D eigenvalue weighted by molar-refractivity contribution is 0.394. The van der Waals surface area contributed by atoms with Crippen molar-refractivity contribution in [1.82, 2.24) is 4.98 Å². The Morgan fingerprint density at radius 2 is 1.87 bits per heavy atom. The van der Waals surface area contributed by atoms with Gasteiger partial charge in [0.2, 0.25) is 0 Å². The number of hydrogen-bond acceptors (Lipinski definition) is 4. The molecule has 0 bridgehead atoms. The average molecular weight is 229 g/mol. The summed E-state index contributed by atoms with van der Waals surface area (Å²) >= 11 is 0. The molecule has 4 nitrogen and oxygen atoms in total. The standard InChI is InChI=1S/C10H15NO3S/c1-10(2,3)8-6-5-7-9(11-8)15(12,13)14-4/h5-7H,1-4H3. The lowest BCUT2D eigenvalue weighted by Crippen LogP contribution is -2.16. The summed E-state index contributed by atoms with van der Waals surface area (Å²) in [5.41, 5.74) is 0.542. The van der Waals surface area contributed by atoms with E-state index in [0.29, 0.717) is 0 Å². The van der Waals surface area contributed by atoms with E-state index in [1.165, 1.54) is 6.07 Å². The van der Waals surface area contributed by atoms with Crippen molar-refractivity contribution >= 4 is 10.1 Å². The van der Waals surface area contributed by atoms with Gasteiger partial charge in [-0.05, 0) is 12.1 Å². The Labute approximate surface area is 90.4 Å². The molecule has 0 amide bonds. The van der Waals surface area contributed by atoms with E-state index in [4.69, 9.17) is 0 Å². The minimum Gasteiger partial charge on any atom is -0.269 e. The summed E-state index contributed by atoms with van der Waals surface area (Å²) in [6, 6.07) is 4.89. The molecule has 1 aromatic rings. The highest BCUT2D eigenvalue weighted by Crippen LogP contribution is 2.21. The van der Waals surface area contributed by atoms with Gasteiger partial charge in [-0.1, -0.05) is 26.8 Å². The Morgan fingerprint density at radius 1 is 1.27 bits per heavy atom. The van der Waals surface area contributed by atoms with Crippen molar-refractivity contribution in [1.29, 1.82) is 0 Å². The highest BCUT2D eigenvalue weighted by Gasteiger charge is 2.20. The highest BCUT2D eigenvalue weighted by molar-refractivity contribution is 7.86. The number of hydrogen-bond donors (Lipinski definition) is 0. The summed E-state index contributed by atoms with van der Waals surface area (Å²) in [4.78, 5) is 4.07. The van der Waals surface area contributed by atoms with Crippen molar-refractivity contribution in [2.24, 2.45) is 0 Å². The number of aromatic nitrogens is 1. The zero-order valence-corrected chi connectivity index (χ0v) is 10.1. The average Bonchev–Trinajstić information content (AvgIpc) is 2.17. The first-order valence-corrected chi connectivity index (χ1v) is 5.96. The first kappa shape index (κ1) is 12.1. The van der Waals surface area contributed by atoms with Crippen LogP contribution in [0.4, 0.5) is 0 Å². The van der Waals surface area contributed by atoms with Gasteiger partial charge >= 0.3 is 10.1 Å². The fraction of sp³-hybridized carbons (Fsp3) is 0.500. The van der Waals surface area contributed by atoms with E-state index in [-0.39, 0.29) is 10.4 Å². The molecule has 1 aromatic heterocycles. The van der Waals surface area contributed by atoms with E-state index in [1.54, 1.807) is 12.1 Å². The molecule has 15 heavy (non-hydrogen) atoms. The largest absolute Gasteiger partial charge is 0.314 e. The molecule has 1 rings (SSSR count). The molecule has 0 saturated heterocycles. The number of pyridine rings is 1. The van der Waals surface area contributed by atoms with Crippen LogP contribution in [0.5, 0.6) is 0 Å². The predicted molar refractivity (Wildman–Crippen MR) is 57.1 cm³/mol. The van der Waals surface area contributed by atoms with Crippen LogP contribution in [0.3, 0.4) is 0 Å². The zero-order valence-electron chi connectivity index (χ0n) is 9.31.